The average molecular weight is 251 g/mol. The van der Waals surface area contributed by atoms with E-state index in [2.05, 4.69) is 22.1 Å². The van der Waals surface area contributed by atoms with Gasteiger partial charge in [0.2, 0.25) is 0 Å². The van der Waals surface area contributed by atoms with E-state index < -0.39 is 0 Å². The summed E-state index contributed by atoms with van der Waals surface area (Å²) in [4.78, 5) is 6.37. The number of nitrogens with zero attached hydrogens (tertiary/aromatic N) is 2. The molecule has 2 heterocycles. The van der Waals surface area contributed by atoms with Crippen LogP contribution in [0.25, 0.3) is 0 Å². The molecule has 1 aliphatic heterocycles. The molecule has 4 heteroatoms. The number of rotatable bonds is 6. The quantitative estimate of drug-likeness (QED) is 0.838. The van der Waals surface area contributed by atoms with Gasteiger partial charge in [0.1, 0.15) is 5.82 Å². The molecular weight excluding hydrogens is 229 g/mol. The highest BCUT2D eigenvalue weighted by Gasteiger charge is 2.14. The molecule has 1 aliphatic rings. The van der Waals surface area contributed by atoms with Crippen LogP contribution in [0, 0.1) is 11.7 Å². The molecule has 0 bridgehead atoms. The predicted octanol–water partition coefficient (Wildman–Crippen LogP) is 2.04. The van der Waals surface area contributed by atoms with Gasteiger partial charge in [-0.05, 0) is 50.0 Å². The predicted molar refractivity (Wildman–Crippen MR) is 70.7 cm³/mol. The Kier molecular flexibility index (Phi) is 5.08. The first-order chi connectivity index (χ1) is 8.74. The normalized spacial score (nSPS) is 18.1. The lowest BCUT2D eigenvalue weighted by molar-refractivity contribution is 0.282. The van der Waals surface area contributed by atoms with E-state index in [1.165, 1.54) is 38.2 Å². The fraction of sp³-hybridized carbons (Fsp3) is 0.643. The minimum Gasteiger partial charge on any atom is -0.312 e. The maximum Gasteiger partial charge on any atom is 0.141 e. The van der Waals surface area contributed by atoms with E-state index in [0.717, 1.165) is 18.7 Å². The molecule has 0 aliphatic carbocycles. The Morgan fingerprint density at radius 2 is 2.17 bits per heavy atom. The van der Waals surface area contributed by atoms with Crippen LogP contribution in [0.15, 0.2) is 18.5 Å². The van der Waals surface area contributed by atoms with E-state index in [1.807, 2.05) is 0 Å². The minimum absolute atomic E-state index is 0.264. The molecule has 0 radical (unpaired) electrons. The molecule has 1 atom stereocenters. The largest absolute Gasteiger partial charge is 0.312 e. The zero-order valence-corrected chi connectivity index (χ0v) is 11.0. The maximum atomic E-state index is 12.9. The van der Waals surface area contributed by atoms with Crippen molar-refractivity contribution in [1.82, 2.24) is 15.2 Å². The third-order valence-electron chi connectivity index (χ3n) is 3.35. The van der Waals surface area contributed by atoms with Gasteiger partial charge in [0, 0.05) is 19.3 Å². The van der Waals surface area contributed by atoms with Crippen molar-refractivity contribution < 1.29 is 4.39 Å². The summed E-state index contributed by atoms with van der Waals surface area (Å²) < 4.78 is 12.9. The van der Waals surface area contributed by atoms with Crippen molar-refractivity contribution in [3.8, 4) is 0 Å². The Morgan fingerprint density at radius 1 is 1.39 bits per heavy atom. The van der Waals surface area contributed by atoms with Crippen molar-refractivity contribution in [2.24, 2.45) is 5.92 Å². The van der Waals surface area contributed by atoms with Crippen LogP contribution in [0.3, 0.4) is 0 Å². The molecule has 1 aromatic heterocycles. The van der Waals surface area contributed by atoms with Gasteiger partial charge in [0.25, 0.3) is 0 Å². The number of pyridine rings is 1. The van der Waals surface area contributed by atoms with E-state index in [4.69, 9.17) is 0 Å². The highest BCUT2D eigenvalue weighted by molar-refractivity contribution is 5.09. The lowest BCUT2D eigenvalue weighted by Gasteiger charge is -2.20. The molecule has 0 saturated carbocycles. The second kappa shape index (κ2) is 6.81. The van der Waals surface area contributed by atoms with Crippen molar-refractivity contribution in [2.45, 2.75) is 26.3 Å². The van der Waals surface area contributed by atoms with E-state index in [1.54, 1.807) is 6.20 Å². The van der Waals surface area contributed by atoms with Gasteiger partial charge < -0.3 is 10.2 Å². The summed E-state index contributed by atoms with van der Waals surface area (Å²) in [5, 5.41) is 3.37. The molecule has 100 valence electrons. The summed E-state index contributed by atoms with van der Waals surface area (Å²) in [6, 6.07) is 1.53. The van der Waals surface area contributed by atoms with Crippen LogP contribution in [0.5, 0.6) is 0 Å². The first kappa shape index (κ1) is 13.4. The van der Waals surface area contributed by atoms with Crippen LogP contribution in [0.1, 0.15) is 25.3 Å². The zero-order chi connectivity index (χ0) is 12.8. The van der Waals surface area contributed by atoms with Gasteiger partial charge in [0.05, 0.1) is 6.20 Å². The van der Waals surface area contributed by atoms with Crippen molar-refractivity contribution in [1.29, 1.82) is 0 Å². The second-order valence-electron chi connectivity index (χ2n) is 5.26. The molecule has 1 unspecified atom stereocenters. The van der Waals surface area contributed by atoms with Gasteiger partial charge in [-0.3, -0.25) is 4.98 Å². The Bertz CT molecular complexity index is 364. The highest BCUT2D eigenvalue weighted by Crippen LogP contribution is 2.09. The van der Waals surface area contributed by atoms with Gasteiger partial charge in [-0.25, -0.2) is 4.39 Å². The zero-order valence-electron chi connectivity index (χ0n) is 11.0. The summed E-state index contributed by atoms with van der Waals surface area (Å²) in [5.41, 5.74) is 0.906. The summed E-state index contributed by atoms with van der Waals surface area (Å²) in [5.74, 6) is 0.365. The van der Waals surface area contributed by atoms with Crippen LogP contribution < -0.4 is 5.32 Å². The first-order valence-corrected chi connectivity index (χ1v) is 6.76. The van der Waals surface area contributed by atoms with E-state index in [9.17, 15) is 4.39 Å². The van der Waals surface area contributed by atoms with Crippen molar-refractivity contribution in [2.75, 3.05) is 26.2 Å². The van der Waals surface area contributed by atoms with Gasteiger partial charge in [-0.15, -0.1) is 0 Å². The smallest absolute Gasteiger partial charge is 0.141 e. The Labute approximate surface area is 108 Å². The van der Waals surface area contributed by atoms with Gasteiger partial charge in [-0.2, -0.15) is 0 Å². The van der Waals surface area contributed by atoms with Crippen LogP contribution in [0.2, 0.25) is 0 Å². The van der Waals surface area contributed by atoms with E-state index in [-0.39, 0.29) is 5.82 Å². The molecule has 2 rings (SSSR count). The molecule has 1 N–H and O–H groups in total. The summed E-state index contributed by atoms with van der Waals surface area (Å²) >= 11 is 0. The molecule has 0 spiro atoms. The maximum absolute atomic E-state index is 12.9. The fourth-order valence-corrected chi connectivity index (χ4v) is 2.49. The number of aromatic nitrogens is 1. The molecule has 3 nitrogen and oxygen atoms in total. The van der Waals surface area contributed by atoms with Gasteiger partial charge in [-0.1, -0.05) is 6.92 Å². The lowest BCUT2D eigenvalue weighted by Crippen LogP contribution is -2.31. The van der Waals surface area contributed by atoms with Crippen LogP contribution in [0.4, 0.5) is 4.39 Å². The van der Waals surface area contributed by atoms with Crippen molar-refractivity contribution in [3.05, 3.63) is 29.8 Å². The monoisotopic (exact) mass is 251 g/mol. The third kappa shape index (κ3) is 4.35. The summed E-state index contributed by atoms with van der Waals surface area (Å²) in [6.45, 7) is 7.57. The Hall–Kier alpha value is -1.00. The third-order valence-corrected chi connectivity index (χ3v) is 3.35. The second-order valence-corrected chi connectivity index (χ2v) is 5.26. The van der Waals surface area contributed by atoms with Gasteiger partial charge in [0.15, 0.2) is 0 Å². The molecular formula is C14H22FN3. The number of likely N-dealkylation sites (tertiary alicyclic amines) is 1. The first-order valence-electron chi connectivity index (χ1n) is 6.76. The molecule has 0 amide bonds. The fourth-order valence-electron chi connectivity index (χ4n) is 2.49. The average Bonchev–Trinajstić information content (AvgIpc) is 2.82. The van der Waals surface area contributed by atoms with Crippen molar-refractivity contribution >= 4 is 0 Å². The number of hydrogen-bond donors (Lipinski definition) is 1. The van der Waals surface area contributed by atoms with E-state index in [0.29, 0.717) is 12.5 Å². The molecule has 1 aromatic rings. The topological polar surface area (TPSA) is 28.2 Å². The Morgan fingerprint density at radius 3 is 2.89 bits per heavy atom. The number of nitrogens with one attached hydrogen (secondary N) is 1. The van der Waals surface area contributed by atoms with Crippen LogP contribution in [-0.2, 0) is 6.54 Å². The standard InChI is InChI=1S/C14H22FN3/c1-12(11-18-4-2-3-5-18)7-16-8-13-6-14(15)10-17-9-13/h6,9-10,12,16H,2-5,7-8,11H2,1H3. The SMILES string of the molecule is CC(CNCc1cncc(F)c1)CN1CCCC1. The number of hydrogen-bond acceptors (Lipinski definition) is 3. The molecule has 1 fully saturated rings. The molecule has 0 aromatic carbocycles. The lowest BCUT2D eigenvalue weighted by atomic mass is 10.1. The molecule has 1 saturated heterocycles. The van der Waals surface area contributed by atoms with E-state index >= 15 is 0 Å². The molecule has 18 heavy (non-hydrogen) atoms. The highest BCUT2D eigenvalue weighted by atomic mass is 19.1. The van der Waals surface area contributed by atoms with Crippen LogP contribution >= 0.6 is 0 Å². The summed E-state index contributed by atoms with van der Waals surface area (Å²) in [7, 11) is 0. The minimum atomic E-state index is -0.264. The van der Waals surface area contributed by atoms with Gasteiger partial charge >= 0.3 is 0 Å². The number of halogens is 1. The Balaban J connectivity index is 1.65. The van der Waals surface area contributed by atoms with Crippen LogP contribution in [-0.4, -0.2) is 36.1 Å². The summed E-state index contributed by atoms with van der Waals surface area (Å²) in [6.07, 6.45) is 5.63. The van der Waals surface area contributed by atoms with Crippen molar-refractivity contribution in [3.63, 3.8) is 0 Å².